The summed E-state index contributed by atoms with van der Waals surface area (Å²) in [7, 11) is 2.05. The molecule has 5 nitrogen and oxygen atoms in total. The normalized spacial score (nSPS) is 11.4. The quantitative estimate of drug-likeness (QED) is 0.616. The number of aromatic nitrogens is 1. The largest absolute Gasteiger partial charge is 0.494 e. The third-order valence-corrected chi connectivity index (χ3v) is 4.30. The second-order valence-corrected chi connectivity index (χ2v) is 6.77. The van der Waals surface area contributed by atoms with E-state index in [1.807, 2.05) is 32.2 Å². The van der Waals surface area contributed by atoms with Crippen molar-refractivity contribution in [1.82, 2.24) is 15.2 Å². The van der Waals surface area contributed by atoms with E-state index in [0.717, 1.165) is 29.8 Å². The van der Waals surface area contributed by atoms with Gasteiger partial charge in [-0.25, -0.2) is 9.98 Å². The number of aliphatic imine (C=N–C) groups is 1. The van der Waals surface area contributed by atoms with E-state index >= 15 is 0 Å². The van der Waals surface area contributed by atoms with Gasteiger partial charge in [-0.1, -0.05) is 12.1 Å². The first kappa shape index (κ1) is 18.3. The maximum absolute atomic E-state index is 5.49. The first-order valence-corrected chi connectivity index (χ1v) is 9.06. The molecule has 2 aromatic rings. The van der Waals surface area contributed by atoms with Crippen LogP contribution in [-0.4, -0.2) is 36.0 Å². The van der Waals surface area contributed by atoms with Gasteiger partial charge < -0.3 is 15.0 Å². The van der Waals surface area contributed by atoms with Crippen molar-refractivity contribution in [3.8, 4) is 5.75 Å². The first-order valence-electron chi connectivity index (χ1n) is 8.24. The SMILES string of the molecule is CCNC(=NCc1cnc(C)s1)N(C)Cc1ccc(OCC)cc1. The van der Waals surface area contributed by atoms with E-state index < -0.39 is 0 Å². The fourth-order valence-electron chi connectivity index (χ4n) is 2.31. The summed E-state index contributed by atoms with van der Waals surface area (Å²) >= 11 is 1.69. The average Bonchev–Trinajstić information content (AvgIpc) is 2.99. The van der Waals surface area contributed by atoms with Crippen LogP contribution in [0.2, 0.25) is 0 Å². The Hall–Kier alpha value is -2.08. The molecule has 0 aliphatic rings. The summed E-state index contributed by atoms with van der Waals surface area (Å²) in [5, 5.41) is 4.42. The average molecular weight is 347 g/mol. The number of hydrogen-bond acceptors (Lipinski definition) is 4. The molecule has 0 spiro atoms. The van der Waals surface area contributed by atoms with Gasteiger partial charge in [0, 0.05) is 31.2 Å². The number of hydrogen-bond donors (Lipinski definition) is 1. The number of nitrogens with zero attached hydrogens (tertiary/aromatic N) is 3. The number of ether oxygens (including phenoxy) is 1. The van der Waals surface area contributed by atoms with Crippen molar-refractivity contribution < 1.29 is 4.74 Å². The highest BCUT2D eigenvalue weighted by Gasteiger charge is 2.07. The van der Waals surface area contributed by atoms with E-state index in [9.17, 15) is 0 Å². The molecule has 0 amide bonds. The van der Waals surface area contributed by atoms with Crippen molar-refractivity contribution in [3.63, 3.8) is 0 Å². The standard InChI is InChI=1S/C18H26N4OS/c1-5-19-18(21-12-17-11-20-14(3)24-17)22(4)13-15-7-9-16(10-8-15)23-6-2/h7-11H,5-6,12-13H2,1-4H3,(H,19,21). The summed E-state index contributed by atoms with van der Waals surface area (Å²) in [6, 6.07) is 8.21. The van der Waals surface area contributed by atoms with Crippen molar-refractivity contribution in [2.45, 2.75) is 33.9 Å². The molecule has 1 heterocycles. The summed E-state index contributed by atoms with van der Waals surface area (Å²) in [5.41, 5.74) is 1.22. The maximum Gasteiger partial charge on any atom is 0.194 e. The zero-order valence-electron chi connectivity index (χ0n) is 14.9. The minimum absolute atomic E-state index is 0.654. The predicted molar refractivity (Wildman–Crippen MR) is 101 cm³/mol. The van der Waals surface area contributed by atoms with Crippen LogP contribution >= 0.6 is 11.3 Å². The van der Waals surface area contributed by atoms with Crippen molar-refractivity contribution in [1.29, 1.82) is 0 Å². The molecule has 130 valence electrons. The minimum atomic E-state index is 0.654. The van der Waals surface area contributed by atoms with Crippen LogP contribution < -0.4 is 10.1 Å². The smallest absolute Gasteiger partial charge is 0.194 e. The molecule has 0 saturated heterocycles. The summed E-state index contributed by atoms with van der Waals surface area (Å²) in [6.07, 6.45) is 1.90. The molecule has 0 bridgehead atoms. The highest BCUT2D eigenvalue weighted by Crippen LogP contribution is 2.14. The summed E-state index contributed by atoms with van der Waals surface area (Å²) in [6.45, 7) is 9.06. The van der Waals surface area contributed by atoms with E-state index in [0.29, 0.717) is 13.2 Å². The Bertz CT molecular complexity index is 651. The minimum Gasteiger partial charge on any atom is -0.494 e. The van der Waals surface area contributed by atoms with Gasteiger partial charge in [-0.2, -0.15) is 0 Å². The molecular formula is C18H26N4OS. The first-order chi connectivity index (χ1) is 11.6. The van der Waals surface area contributed by atoms with Crippen molar-refractivity contribution in [3.05, 3.63) is 45.9 Å². The number of thiazole rings is 1. The Kier molecular flexibility index (Phi) is 7.06. The summed E-state index contributed by atoms with van der Waals surface area (Å²) < 4.78 is 5.49. The van der Waals surface area contributed by atoms with Crippen LogP contribution in [0.5, 0.6) is 5.75 Å². The monoisotopic (exact) mass is 346 g/mol. The van der Waals surface area contributed by atoms with Crippen LogP contribution in [0.15, 0.2) is 35.5 Å². The molecule has 6 heteroatoms. The molecule has 0 radical (unpaired) electrons. The molecule has 1 aromatic heterocycles. The van der Waals surface area contributed by atoms with Gasteiger partial charge in [-0.05, 0) is 38.5 Å². The van der Waals surface area contributed by atoms with Gasteiger partial charge in [0.1, 0.15) is 5.75 Å². The number of aryl methyl sites for hydroxylation is 1. The van der Waals surface area contributed by atoms with Crippen molar-refractivity contribution in [2.24, 2.45) is 4.99 Å². The highest BCUT2D eigenvalue weighted by atomic mass is 32.1. The van der Waals surface area contributed by atoms with Crippen LogP contribution in [0.4, 0.5) is 0 Å². The zero-order chi connectivity index (χ0) is 17.4. The van der Waals surface area contributed by atoms with E-state index in [-0.39, 0.29) is 0 Å². The molecule has 24 heavy (non-hydrogen) atoms. The van der Waals surface area contributed by atoms with Gasteiger partial charge >= 0.3 is 0 Å². The lowest BCUT2D eigenvalue weighted by Gasteiger charge is -2.22. The maximum atomic E-state index is 5.49. The molecule has 1 aromatic carbocycles. The van der Waals surface area contributed by atoms with Crippen LogP contribution in [-0.2, 0) is 13.1 Å². The van der Waals surface area contributed by atoms with Gasteiger partial charge in [0.15, 0.2) is 5.96 Å². The Labute approximate surface area is 148 Å². The van der Waals surface area contributed by atoms with Gasteiger partial charge in [0.05, 0.1) is 18.2 Å². The van der Waals surface area contributed by atoms with Crippen molar-refractivity contribution >= 4 is 17.3 Å². The number of rotatable bonds is 7. The van der Waals surface area contributed by atoms with E-state index in [1.54, 1.807) is 11.3 Å². The molecule has 0 aliphatic carbocycles. The Morgan fingerprint density at radius 3 is 2.62 bits per heavy atom. The molecule has 0 aliphatic heterocycles. The Balaban J connectivity index is 2.00. The van der Waals surface area contributed by atoms with Crippen LogP contribution in [0.3, 0.4) is 0 Å². The van der Waals surface area contributed by atoms with Gasteiger partial charge in [-0.3, -0.25) is 0 Å². The molecule has 1 N–H and O–H groups in total. The molecule has 0 saturated carbocycles. The highest BCUT2D eigenvalue weighted by molar-refractivity contribution is 7.11. The topological polar surface area (TPSA) is 49.8 Å². The summed E-state index contributed by atoms with van der Waals surface area (Å²) in [5.74, 6) is 1.81. The molecular weight excluding hydrogens is 320 g/mol. The fourth-order valence-corrected chi connectivity index (χ4v) is 3.03. The van der Waals surface area contributed by atoms with E-state index in [1.165, 1.54) is 10.4 Å². The van der Waals surface area contributed by atoms with Gasteiger partial charge in [0.25, 0.3) is 0 Å². The third kappa shape index (κ3) is 5.53. The second-order valence-electron chi connectivity index (χ2n) is 5.45. The van der Waals surface area contributed by atoms with Crippen molar-refractivity contribution in [2.75, 3.05) is 20.2 Å². The van der Waals surface area contributed by atoms with Gasteiger partial charge in [0.2, 0.25) is 0 Å². The Morgan fingerprint density at radius 2 is 2.04 bits per heavy atom. The fraction of sp³-hybridized carbons (Fsp3) is 0.444. The number of benzene rings is 1. The van der Waals surface area contributed by atoms with Gasteiger partial charge in [-0.15, -0.1) is 11.3 Å². The molecule has 0 unspecified atom stereocenters. The Morgan fingerprint density at radius 1 is 1.29 bits per heavy atom. The molecule has 0 atom stereocenters. The lowest BCUT2D eigenvalue weighted by Crippen LogP contribution is -2.38. The van der Waals surface area contributed by atoms with Crippen LogP contribution in [0.25, 0.3) is 0 Å². The van der Waals surface area contributed by atoms with Crippen LogP contribution in [0.1, 0.15) is 29.3 Å². The zero-order valence-corrected chi connectivity index (χ0v) is 15.7. The number of nitrogens with one attached hydrogen (secondary N) is 1. The molecule has 0 fully saturated rings. The third-order valence-electron chi connectivity index (χ3n) is 3.40. The molecule has 2 rings (SSSR count). The van der Waals surface area contributed by atoms with E-state index in [4.69, 9.17) is 9.73 Å². The number of guanidine groups is 1. The lowest BCUT2D eigenvalue weighted by atomic mass is 10.2. The second kappa shape index (κ2) is 9.27. The van der Waals surface area contributed by atoms with Crippen LogP contribution in [0, 0.1) is 6.92 Å². The summed E-state index contributed by atoms with van der Waals surface area (Å²) in [4.78, 5) is 12.3. The van der Waals surface area contributed by atoms with E-state index in [2.05, 4.69) is 41.3 Å². The lowest BCUT2D eigenvalue weighted by molar-refractivity contribution is 0.340. The predicted octanol–water partition coefficient (Wildman–Crippen LogP) is 3.45.